The second-order valence-corrected chi connectivity index (χ2v) is 13.2. The summed E-state index contributed by atoms with van der Waals surface area (Å²) in [6, 6.07) is 10.7. The number of nitrogens with zero attached hydrogens (tertiary/aromatic N) is 3. The minimum atomic E-state index is -5.44. The van der Waals surface area contributed by atoms with E-state index in [4.69, 9.17) is 14.2 Å². The number of aromatic nitrogens is 2. The van der Waals surface area contributed by atoms with E-state index < -0.39 is 45.0 Å². The number of benzene rings is 2. The van der Waals surface area contributed by atoms with Gasteiger partial charge in [0.25, 0.3) is 5.91 Å². The van der Waals surface area contributed by atoms with E-state index in [1.807, 2.05) is 0 Å². The maximum atomic E-state index is 13.7. The Morgan fingerprint density at radius 2 is 1.79 bits per heavy atom. The molecule has 48 heavy (non-hydrogen) atoms. The summed E-state index contributed by atoms with van der Waals surface area (Å²) in [7, 11) is -0.487. The number of halogens is 3. The molecule has 2 aromatic heterocycles. The van der Waals surface area contributed by atoms with Gasteiger partial charge in [0.1, 0.15) is 5.75 Å². The van der Waals surface area contributed by atoms with Gasteiger partial charge in [-0.2, -0.15) is 13.2 Å². The highest BCUT2D eigenvalue weighted by Crippen LogP contribution is 2.41. The molecule has 254 valence electrons. The topological polar surface area (TPSA) is 154 Å². The lowest BCUT2D eigenvalue weighted by molar-refractivity contribution is -0.189. The number of carbonyl (C=O) groups excluding carboxylic acids is 3. The van der Waals surface area contributed by atoms with Gasteiger partial charge >= 0.3 is 12.1 Å². The van der Waals surface area contributed by atoms with Crippen molar-refractivity contribution < 1.29 is 50.2 Å². The zero-order valence-electron chi connectivity index (χ0n) is 26.0. The highest BCUT2D eigenvalue weighted by atomic mass is 32.2. The normalized spacial score (nSPS) is 11.6. The molecule has 12 nitrogen and oxygen atoms in total. The van der Waals surface area contributed by atoms with Crippen molar-refractivity contribution in [1.29, 1.82) is 0 Å². The standard InChI is InChI=1S/C31H29F3N4O8S2/c1-18-6-5-11-35-26(18)19-14-23(28(40)37-30-36-20(17-47-30)16-25(39)38(2)12-13-44-3)27(46-29(41)31(32,33)34)24(15-19)45-21-7-9-22(10-8-21)48(4,42)43/h5-11,14-15,17H,12-13,16H2,1-4H3,(H,36,37,40). The van der Waals surface area contributed by atoms with E-state index in [1.165, 1.54) is 60.0 Å². The number of ether oxygens (including phenoxy) is 3. The first kappa shape index (κ1) is 36.0. The fourth-order valence-corrected chi connectivity index (χ4v) is 5.50. The lowest BCUT2D eigenvalue weighted by Gasteiger charge is -2.18. The summed E-state index contributed by atoms with van der Waals surface area (Å²) >= 11 is 0.962. The highest BCUT2D eigenvalue weighted by Gasteiger charge is 2.42. The molecule has 4 rings (SSSR count). The monoisotopic (exact) mass is 706 g/mol. The largest absolute Gasteiger partial charge is 0.491 e. The summed E-state index contributed by atoms with van der Waals surface area (Å²) in [5.74, 6) is -5.29. The maximum Gasteiger partial charge on any atom is 0.491 e. The van der Waals surface area contributed by atoms with Gasteiger partial charge in [-0.25, -0.2) is 18.2 Å². The number of methoxy groups -OCH3 is 1. The SMILES string of the molecule is COCCN(C)C(=O)Cc1csc(NC(=O)c2cc(-c3ncccc3C)cc(Oc3ccc(S(C)(=O)=O)cc3)c2OC(=O)C(F)(F)F)n1. The molecule has 1 N–H and O–H groups in total. The zero-order valence-corrected chi connectivity index (χ0v) is 27.6. The quantitative estimate of drug-likeness (QED) is 0.156. The molecule has 0 atom stereocenters. The van der Waals surface area contributed by atoms with Crippen molar-refractivity contribution in [2.24, 2.45) is 0 Å². The summed E-state index contributed by atoms with van der Waals surface area (Å²) in [4.78, 5) is 48.3. The summed E-state index contributed by atoms with van der Waals surface area (Å²) < 4.78 is 79.7. The number of sulfone groups is 1. The van der Waals surface area contributed by atoms with Gasteiger partial charge in [-0.3, -0.25) is 19.9 Å². The number of thiazole rings is 1. The molecule has 0 aliphatic rings. The van der Waals surface area contributed by atoms with E-state index in [1.54, 1.807) is 26.1 Å². The van der Waals surface area contributed by atoms with E-state index in [-0.39, 0.29) is 33.7 Å². The molecule has 17 heteroatoms. The van der Waals surface area contributed by atoms with E-state index in [0.29, 0.717) is 30.1 Å². The zero-order chi connectivity index (χ0) is 35.2. The van der Waals surface area contributed by atoms with Crippen LogP contribution in [-0.4, -0.2) is 80.8 Å². The van der Waals surface area contributed by atoms with Crippen LogP contribution in [0, 0.1) is 6.92 Å². The van der Waals surface area contributed by atoms with Gasteiger partial charge in [0, 0.05) is 44.1 Å². The Bertz CT molecular complexity index is 1930. The average Bonchev–Trinajstić information content (AvgIpc) is 3.46. The van der Waals surface area contributed by atoms with Crippen molar-refractivity contribution in [2.45, 2.75) is 24.4 Å². The first-order chi connectivity index (χ1) is 22.6. The number of nitrogens with one attached hydrogen (secondary N) is 1. The molecule has 0 spiro atoms. The fourth-order valence-electron chi connectivity index (χ4n) is 4.16. The third-order valence-corrected chi connectivity index (χ3v) is 8.58. The number of amides is 2. The minimum Gasteiger partial charge on any atom is -0.453 e. The van der Waals surface area contributed by atoms with E-state index in [0.717, 1.165) is 17.6 Å². The summed E-state index contributed by atoms with van der Waals surface area (Å²) in [6.07, 6.45) is -3.07. The molecule has 0 aliphatic heterocycles. The minimum absolute atomic E-state index is 0.00805. The van der Waals surface area contributed by atoms with Gasteiger partial charge in [0.15, 0.2) is 26.5 Å². The Hall–Kier alpha value is -4.87. The third kappa shape index (κ3) is 9.14. The molecule has 0 aliphatic carbocycles. The molecule has 0 bridgehead atoms. The number of aryl methyl sites for hydroxylation is 1. The van der Waals surface area contributed by atoms with Crippen LogP contribution in [0.15, 0.2) is 65.0 Å². The number of anilines is 1. The first-order valence-corrected chi connectivity index (χ1v) is 16.7. The number of likely N-dealkylation sites (N-methyl/N-ethyl adjacent to an activating group) is 1. The predicted molar refractivity (Wildman–Crippen MR) is 169 cm³/mol. The van der Waals surface area contributed by atoms with Gasteiger partial charge in [-0.1, -0.05) is 6.07 Å². The fraction of sp³-hybridized carbons (Fsp3) is 0.258. The van der Waals surface area contributed by atoms with Crippen LogP contribution < -0.4 is 14.8 Å². The molecule has 0 radical (unpaired) electrons. The van der Waals surface area contributed by atoms with Crippen molar-refractivity contribution in [3.8, 4) is 28.5 Å². The van der Waals surface area contributed by atoms with Crippen molar-refractivity contribution in [3.05, 3.63) is 76.9 Å². The second-order valence-electron chi connectivity index (χ2n) is 10.3. The Balaban J connectivity index is 1.77. The molecular formula is C31H29F3N4O8S2. The molecule has 2 heterocycles. The summed E-state index contributed by atoms with van der Waals surface area (Å²) in [6.45, 7) is 2.40. The molecule has 2 aromatic carbocycles. The van der Waals surface area contributed by atoms with E-state index >= 15 is 0 Å². The summed E-state index contributed by atoms with van der Waals surface area (Å²) in [5, 5.41) is 4.03. The lowest BCUT2D eigenvalue weighted by atomic mass is 10.0. The third-order valence-electron chi connectivity index (χ3n) is 6.65. The number of pyridine rings is 1. The Morgan fingerprint density at radius 1 is 1.08 bits per heavy atom. The van der Waals surface area contributed by atoms with E-state index in [2.05, 4.69) is 15.3 Å². The van der Waals surface area contributed by atoms with Crippen molar-refractivity contribution in [3.63, 3.8) is 0 Å². The maximum absolute atomic E-state index is 13.7. The number of rotatable bonds is 12. The number of hydrogen-bond donors (Lipinski definition) is 1. The van der Waals surface area contributed by atoms with Crippen molar-refractivity contribution >= 4 is 44.1 Å². The van der Waals surface area contributed by atoms with Crippen LogP contribution in [0.4, 0.5) is 18.3 Å². The average molecular weight is 707 g/mol. The lowest BCUT2D eigenvalue weighted by Crippen LogP contribution is -2.31. The summed E-state index contributed by atoms with van der Waals surface area (Å²) in [5.41, 5.74) is 0.984. The smallest absolute Gasteiger partial charge is 0.453 e. The molecule has 0 saturated carbocycles. The van der Waals surface area contributed by atoms with Gasteiger partial charge in [0.2, 0.25) is 5.91 Å². The van der Waals surface area contributed by atoms with Crippen LogP contribution in [0.2, 0.25) is 0 Å². The van der Waals surface area contributed by atoms with Crippen LogP contribution in [0.5, 0.6) is 17.2 Å². The molecule has 2 amide bonds. The number of esters is 1. The van der Waals surface area contributed by atoms with Crippen LogP contribution in [0.3, 0.4) is 0 Å². The second kappa shape index (κ2) is 14.9. The van der Waals surface area contributed by atoms with Gasteiger partial charge < -0.3 is 19.1 Å². The Labute approximate surface area is 277 Å². The number of carbonyl (C=O) groups is 3. The number of hydrogen-bond acceptors (Lipinski definition) is 11. The Morgan fingerprint density at radius 3 is 2.42 bits per heavy atom. The van der Waals surface area contributed by atoms with Crippen LogP contribution in [0.25, 0.3) is 11.3 Å². The molecular weight excluding hydrogens is 677 g/mol. The van der Waals surface area contributed by atoms with E-state index in [9.17, 15) is 36.0 Å². The molecule has 0 unspecified atom stereocenters. The van der Waals surface area contributed by atoms with Crippen molar-refractivity contribution in [2.75, 3.05) is 38.9 Å². The first-order valence-electron chi connectivity index (χ1n) is 13.9. The van der Waals surface area contributed by atoms with Gasteiger partial charge in [0.05, 0.1) is 34.9 Å². The molecule has 0 saturated heterocycles. The molecule has 4 aromatic rings. The van der Waals surface area contributed by atoms with Crippen LogP contribution in [0.1, 0.15) is 21.6 Å². The highest BCUT2D eigenvalue weighted by molar-refractivity contribution is 7.90. The van der Waals surface area contributed by atoms with Crippen LogP contribution >= 0.6 is 11.3 Å². The Kier molecular flexibility index (Phi) is 11.2. The number of alkyl halides is 3. The van der Waals surface area contributed by atoms with Crippen molar-refractivity contribution in [1.82, 2.24) is 14.9 Å². The van der Waals surface area contributed by atoms with Gasteiger partial charge in [-0.05, 0) is 55.0 Å². The molecule has 0 fully saturated rings. The predicted octanol–water partition coefficient (Wildman–Crippen LogP) is 5.08. The van der Waals surface area contributed by atoms with Gasteiger partial charge in [-0.15, -0.1) is 11.3 Å². The van der Waals surface area contributed by atoms with Crippen LogP contribution in [-0.2, 0) is 30.6 Å².